The smallest absolute Gasteiger partial charge is 0.314 e. The number of amides is 2. The lowest BCUT2D eigenvalue weighted by Crippen LogP contribution is -2.42. The van der Waals surface area contributed by atoms with E-state index in [9.17, 15) is 4.79 Å². The standard InChI is InChI=1S/C16H25N3O3/c20-16(17-10-13-5-9-21-12-13)18-11-14(15-4-3-8-22-15)19-6-1-2-7-19/h3-4,8,13-14H,1-2,5-7,9-12H2,(H2,17,18,20)/t13-,14+/m0/s1. The summed E-state index contributed by atoms with van der Waals surface area (Å²) >= 11 is 0. The zero-order valence-corrected chi connectivity index (χ0v) is 12.9. The minimum absolute atomic E-state index is 0.109. The zero-order valence-electron chi connectivity index (χ0n) is 12.9. The summed E-state index contributed by atoms with van der Waals surface area (Å²) in [5, 5.41) is 5.92. The van der Waals surface area contributed by atoms with Crippen molar-refractivity contribution in [2.24, 2.45) is 5.92 Å². The molecule has 2 N–H and O–H groups in total. The van der Waals surface area contributed by atoms with Gasteiger partial charge in [0.1, 0.15) is 5.76 Å². The molecule has 2 atom stereocenters. The first-order valence-corrected chi connectivity index (χ1v) is 8.20. The van der Waals surface area contributed by atoms with Crippen molar-refractivity contribution < 1.29 is 13.9 Å². The maximum absolute atomic E-state index is 12.0. The number of ether oxygens (including phenoxy) is 1. The van der Waals surface area contributed by atoms with Crippen LogP contribution in [0.2, 0.25) is 0 Å². The first-order valence-electron chi connectivity index (χ1n) is 8.20. The highest BCUT2D eigenvalue weighted by Crippen LogP contribution is 2.24. The number of nitrogens with zero attached hydrogens (tertiary/aromatic N) is 1. The highest BCUT2D eigenvalue weighted by molar-refractivity contribution is 5.73. The molecule has 6 heteroatoms. The summed E-state index contributed by atoms with van der Waals surface area (Å²) in [5.41, 5.74) is 0. The lowest BCUT2D eigenvalue weighted by molar-refractivity contribution is 0.184. The predicted octanol–water partition coefficient (Wildman–Crippen LogP) is 1.75. The minimum Gasteiger partial charge on any atom is -0.468 e. The van der Waals surface area contributed by atoms with E-state index in [-0.39, 0.29) is 12.1 Å². The van der Waals surface area contributed by atoms with Crippen LogP contribution in [-0.4, -0.2) is 50.3 Å². The van der Waals surface area contributed by atoms with E-state index in [0.29, 0.717) is 19.0 Å². The summed E-state index contributed by atoms with van der Waals surface area (Å²) in [5.74, 6) is 1.37. The number of carbonyl (C=O) groups excluding carboxylic acids is 1. The van der Waals surface area contributed by atoms with Gasteiger partial charge in [-0.05, 0) is 44.5 Å². The van der Waals surface area contributed by atoms with Crippen molar-refractivity contribution >= 4 is 6.03 Å². The molecule has 0 aliphatic carbocycles. The second-order valence-electron chi connectivity index (χ2n) is 6.09. The summed E-state index contributed by atoms with van der Waals surface area (Å²) in [4.78, 5) is 14.4. The molecule has 2 amide bonds. The first-order chi connectivity index (χ1) is 10.8. The topological polar surface area (TPSA) is 66.7 Å². The average Bonchev–Trinajstić information content (AvgIpc) is 3.27. The molecule has 0 saturated carbocycles. The van der Waals surface area contributed by atoms with Crippen LogP contribution in [0.1, 0.15) is 31.1 Å². The van der Waals surface area contributed by atoms with Gasteiger partial charge in [0.25, 0.3) is 0 Å². The molecule has 2 aliphatic rings. The molecule has 2 aliphatic heterocycles. The maximum Gasteiger partial charge on any atom is 0.314 e. The van der Waals surface area contributed by atoms with E-state index in [0.717, 1.165) is 38.5 Å². The summed E-state index contributed by atoms with van der Waals surface area (Å²) < 4.78 is 10.9. The number of furan rings is 1. The third-order valence-electron chi connectivity index (χ3n) is 4.48. The molecule has 22 heavy (non-hydrogen) atoms. The van der Waals surface area contributed by atoms with Crippen molar-refractivity contribution in [2.45, 2.75) is 25.3 Å². The van der Waals surface area contributed by atoms with Gasteiger partial charge in [-0.1, -0.05) is 0 Å². The van der Waals surface area contributed by atoms with Gasteiger partial charge in [-0.15, -0.1) is 0 Å². The van der Waals surface area contributed by atoms with Gasteiger partial charge in [-0.25, -0.2) is 4.79 Å². The molecule has 122 valence electrons. The van der Waals surface area contributed by atoms with Crippen LogP contribution in [0.15, 0.2) is 22.8 Å². The fourth-order valence-electron chi connectivity index (χ4n) is 3.18. The van der Waals surface area contributed by atoms with E-state index in [4.69, 9.17) is 9.15 Å². The average molecular weight is 307 g/mol. The Bertz CT molecular complexity index is 451. The molecule has 3 rings (SSSR count). The Labute approximate surface area is 131 Å². The van der Waals surface area contributed by atoms with E-state index < -0.39 is 0 Å². The molecule has 1 aromatic heterocycles. The van der Waals surface area contributed by atoms with Gasteiger partial charge in [0.2, 0.25) is 0 Å². The Hall–Kier alpha value is -1.53. The number of hydrogen-bond acceptors (Lipinski definition) is 4. The highest BCUT2D eigenvalue weighted by atomic mass is 16.5. The van der Waals surface area contributed by atoms with Crippen LogP contribution in [0.25, 0.3) is 0 Å². The molecule has 0 aromatic carbocycles. The monoisotopic (exact) mass is 307 g/mol. The third kappa shape index (κ3) is 4.01. The van der Waals surface area contributed by atoms with E-state index in [2.05, 4.69) is 15.5 Å². The summed E-state index contributed by atoms with van der Waals surface area (Å²) in [6.07, 6.45) is 5.15. The van der Waals surface area contributed by atoms with Crippen molar-refractivity contribution in [1.82, 2.24) is 15.5 Å². The van der Waals surface area contributed by atoms with Crippen LogP contribution in [0.4, 0.5) is 4.79 Å². The molecular formula is C16H25N3O3. The van der Waals surface area contributed by atoms with Gasteiger partial charge in [-0.3, -0.25) is 4.90 Å². The van der Waals surface area contributed by atoms with Crippen LogP contribution >= 0.6 is 0 Å². The van der Waals surface area contributed by atoms with Crippen LogP contribution in [0.5, 0.6) is 0 Å². The van der Waals surface area contributed by atoms with Gasteiger partial charge in [0.05, 0.1) is 18.9 Å². The lowest BCUT2D eigenvalue weighted by Gasteiger charge is -2.26. The molecule has 1 aromatic rings. The van der Waals surface area contributed by atoms with Crippen molar-refractivity contribution in [3.63, 3.8) is 0 Å². The Morgan fingerprint density at radius 2 is 2.23 bits per heavy atom. The van der Waals surface area contributed by atoms with Gasteiger partial charge in [0.15, 0.2) is 0 Å². The predicted molar refractivity (Wildman–Crippen MR) is 82.6 cm³/mol. The Morgan fingerprint density at radius 3 is 2.91 bits per heavy atom. The molecule has 0 unspecified atom stereocenters. The fraction of sp³-hybridized carbons (Fsp3) is 0.688. The van der Waals surface area contributed by atoms with E-state index in [1.807, 2.05) is 12.1 Å². The fourth-order valence-corrected chi connectivity index (χ4v) is 3.18. The van der Waals surface area contributed by atoms with Crippen molar-refractivity contribution in [3.8, 4) is 0 Å². The van der Waals surface area contributed by atoms with E-state index >= 15 is 0 Å². The Balaban J connectivity index is 1.47. The molecule has 2 fully saturated rings. The highest BCUT2D eigenvalue weighted by Gasteiger charge is 2.26. The lowest BCUT2D eigenvalue weighted by atomic mass is 10.1. The zero-order chi connectivity index (χ0) is 15.2. The quantitative estimate of drug-likeness (QED) is 0.840. The molecule has 0 radical (unpaired) electrons. The van der Waals surface area contributed by atoms with Crippen LogP contribution in [0.3, 0.4) is 0 Å². The minimum atomic E-state index is -0.109. The first kappa shape index (κ1) is 15.4. The summed E-state index contributed by atoms with van der Waals surface area (Å²) in [7, 11) is 0. The molecule has 2 saturated heterocycles. The van der Waals surface area contributed by atoms with Crippen molar-refractivity contribution in [2.75, 3.05) is 39.4 Å². The number of rotatable bonds is 6. The van der Waals surface area contributed by atoms with Gasteiger partial charge < -0.3 is 19.8 Å². The number of urea groups is 1. The number of nitrogens with one attached hydrogen (secondary N) is 2. The molecule has 0 bridgehead atoms. The van der Waals surface area contributed by atoms with Gasteiger partial charge >= 0.3 is 6.03 Å². The second-order valence-corrected chi connectivity index (χ2v) is 6.09. The van der Waals surface area contributed by atoms with E-state index in [1.54, 1.807) is 6.26 Å². The molecule has 0 spiro atoms. The SMILES string of the molecule is O=C(NC[C@@H]1CCOC1)NC[C@H](c1ccco1)N1CCCC1. The van der Waals surface area contributed by atoms with Gasteiger partial charge in [0, 0.05) is 25.6 Å². The van der Waals surface area contributed by atoms with E-state index in [1.165, 1.54) is 12.8 Å². The summed E-state index contributed by atoms with van der Waals surface area (Å²) in [6, 6.07) is 3.90. The van der Waals surface area contributed by atoms with Crippen molar-refractivity contribution in [3.05, 3.63) is 24.2 Å². The third-order valence-corrected chi connectivity index (χ3v) is 4.48. The van der Waals surface area contributed by atoms with Crippen molar-refractivity contribution in [1.29, 1.82) is 0 Å². The van der Waals surface area contributed by atoms with Crippen LogP contribution < -0.4 is 10.6 Å². The second kappa shape index (κ2) is 7.65. The number of carbonyl (C=O) groups is 1. The Kier molecular flexibility index (Phi) is 5.34. The molecule has 3 heterocycles. The summed E-state index contributed by atoms with van der Waals surface area (Å²) in [6.45, 7) is 4.94. The normalized spacial score (nSPS) is 23.5. The molecular weight excluding hydrogens is 282 g/mol. The Morgan fingerprint density at radius 1 is 1.36 bits per heavy atom. The molecule has 6 nitrogen and oxygen atoms in total. The van der Waals surface area contributed by atoms with Crippen LogP contribution in [0, 0.1) is 5.92 Å². The van der Waals surface area contributed by atoms with Crippen LogP contribution in [-0.2, 0) is 4.74 Å². The number of hydrogen-bond donors (Lipinski definition) is 2. The largest absolute Gasteiger partial charge is 0.468 e. The maximum atomic E-state index is 12.0. The number of likely N-dealkylation sites (tertiary alicyclic amines) is 1. The van der Waals surface area contributed by atoms with Gasteiger partial charge in [-0.2, -0.15) is 0 Å².